The van der Waals surface area contributed by atoms with Crippen LogP contribution < -0.4 is 19.5 Å². The van der Waals surface area contributed by atoms with Gasteiger partial charge in [-0.15, -0.1) is 0 Å². The molecule has 0 unspecified atom stereocenters. The van der Waals surface area contributed by atoms with Crippen LogP contribution >= 0.6 is 11.6 Å². The number of nitrogens with zero attached hydrogens (tertiary/aromatic N) is 3. The summed E-state index contributed by atoms with van der Waals surface area (Å²) in [4.78, 5) is 5.84. The van der Waals surface area contributed by atoms with Gasteiger partial charge in [-0.05, 0) is 122 Å². The summed E-state index contributed by atoms with van der Waals surface area (Å²) in [6, 6.07) is 23.5. The van der Waals surface area contributed by atoms with Gasteiger partial charge < -0.3 is 29.5 Å². The Morgan fingerprint density at radius 2 is 1.80 bits per heavy atom. The highest BCUT2D eigenvalue weighted by molar-refractivity contribution is 6.32. The summed E-state index contributed by atoms with van der Waals surface area (Å²) in [5.74, 6) is 1.97. The molecular formula is C45H48ClFN4O4. The number of aliphatic hydroxyl groups is 1. The molecule has 0 spiro atoms. The van der Waals surface area contributed by atoms with Crippen molar-refractivity contribution in [1.29, 1.82) is 5.26 Å². The van der Waals surface area contributed by atoms with Gasteiger partial charge >= 0.3 is 0 Å². The fourth-order valence-electron chi connectivity index (χ4n) is 8.21. The zero-order chi connectivity index (χ0) is 38.3. The second kappa shape index (κ2) is 17.9. The van der Waals surface area contributed by atoms with Gasteiger partial charge in [-0.1, -0.05) is 41.9 Å². The molecule has 1 aliphatic heterocycles. The van der Waals surface area contributed by atoms with Gasteiger partial charge in [0.1, 0.15) is 36.1 Å². The largest absolute Gasteiger partial charge is 0.493 e. The molecule has 1 saturated carbocycles. The standard InChI is InChI=1S/C45H48ClFN4O4/c1-29-35(7-4-12-42(29)53-20-6-17-51-18-15-33(47)16-19-51)36-8-3-9-38-37(36)13-14-43(38)55-45-25-44(54-28-31-21-30(26-48)22-34(23-31)49-2)32(24-39(45)46)27-50-40-10-5-11-41(40)52/h3-4,7-9,12,21-25,33,40-41,43,50,52H,5-6,10-11,13-20,27-28H2,1H3/t40-,41+,43+/m1/s1. The van der Waals surface area contributed by atoms with Crippen LogP contribution in [-0.4, -0.2) is 54.6 Å². The normalized spacial score (nSPS) is 19.8. The third kappa shape index (κ3) is 9.26. The number of hydrogen-bond donors (Lipinski definition) is 2. The highest BCUT2D eigenvalue weighted by Crippen LogP contribution is 2.44. The van der Waals surface area contributed by atoms with Crippen LogP contribution in [0.4, 0.5) is 10.1 Å². The van der Waals surface area contributed by atoms with Gasteiger partial charge in [0, 0.05) is 49.4 Å². The van der Waals surface area contributed by atoms with Gasteiger partial charge in [0.15, 0.2) is 5.69 Å². The van der Waals surface area contributed by atoms with Crippen molar-refractivity contribution >= 4 is 17.3 Å². The van der Waals surface area contributed by atoms with Crippen molar-refractivity contribution in [3.05, 3.63) is 117 Å². The third-order valence-corrected chi connectivity index (χ3v) is 11.5. The van der Waals surface area contributed by atoms with Crippen molar-refractivity contribution in [2.75, 3.05) is 26.2 Å². The molecule has 2 fully saturated rings. The lowest BCUT2D eigenvalue weighted by Crippen LogP contribution is -2.35. The number of hydrogen-bond acceptors (Lipinski definition) is 7. The monoisotopic (exact) mass is 762 g/mol. The van der Waals surface area contributed by atoms with Gasteiger partial charge in [-0.25, -0.2) is 9.24 Å². The summed E-state index contributed by atoms with van der Waals surface area (Å²) < 4.78 is 32.9. The molecule has 55 heavy (non-hydrogen) atoms. The minimum atomic E-state index is -0.657. The first-order valence-electron chi connectivity index (χ1n) is 19.5. The van der Waals surface area contributed by atoms with Gasteiger partial charge in [-0.2, -0.15) is 5.26 Å². The lowest BCUT2D eigenvalue weighted by atomic mass is 9.93. The van der Waals surface area contributed by atoms with Crippen LogP contribution in [0.15, 0.2) is 66.7 Å². The molecule has 4 aromatic rings. The van der Waals surface area contributed by atoms with E-state index in [0.29, 0.717) is 59.3 Å². The molecule has 286 valence electrons. The zero-order valence-electron chi connectivity index (χ0n) is 31.3. The fraction of sp³-hybridized carbons (Fsp3) is 0.422. The van der Waals surface area contributed by atoms with Crippen LogP contribution in [-0.2, 0) is 19.6 Å². The lowest BCUT2D eigenvalue weighted by Gasteiger charge is -2.28. The molecule has 2 aliphatic carbocycles. The van der Waals surface area contributed by atoms with Crippen molar-refractivity contribution in [2.24, 2.45) is 0 Å². The van der Waals surface area contributed by atoms with Crippen molar-refractivity contribution in [1.82, 2.24) is 10.2 Å². The van der Waals surface area contributed by atoms with Crippen LogP contribution in [0, 0.1) is 24.8 Å². The van der Waals surface area contributed by atoms with Crippen molar-refractivity contribution in [3.8, 4) is 34.4 Å². The molecule has 1 heterocycles. The summed E-state index contributed by atoms with van der Waals surface area (Å²) in [7, 11) is 0. The number of benzene rings is 4. The van der Waals surface area contributed by atoms with Gasteiger partial charge in [0.05, 0.1) is 30.4 Å². The Balaban J connectivity index is 1.08. The predicted octanol–water partition coefficient (Wildman–Crippen LogP) is 9.59. The summed E-state index contributed by atoms with van der Waals surface area (Å²) in [6.07, 6.45) is 5.17. The number of nitrogens with one attached hydrogen (secondary N) is 1. The first-order valence-corrected chi connectivity index (χ1v) is 19.8. The highest BCUT2D eigenvalue weighted by atomic mass is 35.5. The van der Waals surface area contributed by atoms with Crippen LogP contribution in [0.2, 0.25) is 5.02 Å². The lowest BCUT2D eigenvalue weighted by molar-refractivity contribution is 0.143. The van der Waals surface area contributed by atoms with Crippen molar-refractivity contribution < 1.29 is 23.7 Å². The van der Waals surface area contributed by atoms with E-state index >= 15 is 0 Å². The van der Waals surface area contributed by atoms with Crippen LogP contribution in [0.1, 0.15) is 84.4 Å². The molecule has 0 amide bonds. The average molecular weight is 763 g/mol. The van der Waals surface area contributed by atoms with Crippen LogP contribution in [0.5, 0.6) is 17.2 Å². The molecule has 2 N–H and O–H groups in total. The Labute approximate surface area is 328 Å². The second-order valence-electron chi connectivity index (χ2n) is 14.9. The molecular weight excluding hydrogens is 715 g/mol. The summed E-state index contributed by atoms with van der Waals surface area (Å²) in [6.45, 7) is 13.3. The Bertz CT molecular complexity index is 2040. The molecule has 8 nitrogen and oxygen atoms in total. The predicted molar refractivity (Wildman–Crippen MR) is 213 cm³/mol. The molecule has 7 rings (SSSR count). The topological polar surface area (TPSA) is 91.3 Å². The molecule has 0 radical (unpaired) electrons. The Kier molecular flexibility index (Phi) is 12.6. The van der Waals surface area contributed by atoms with E-state index in [1.807, 2.05) is 18.2 Å². The van der Waals surface area contributed by atoms with E-state index in [2.05, 4.69) is 58.4 Å². The number of fused-ring (bicyclic) bond motifs is 1. The van der Waals surface area contributed by atoms with E-state index in [1.165, 1.54) is 11.1 Å². The summed E-state index contributed by atoms with van der Waals surface area (Å²) in [5.41, 5.74) is 8.11. The first kappa shape index (κ1) is 38.6. The molecule has 10 heteroatoms. The van der Waals surface area contributed by atoms with E-state index in [1.54, 1.807) is 18.2 Å². The molecule has 1 saturated heterocycles. The molecule has 0 aromatic heterocycles. The van der Waals surface area contributed by atoms with E-state index < -0.39 is 12.3 Å². The van der Waals surface area contributed by atoms with Gasteiger partial charge in [0.25, 0.3) is 0 Å². The van der Waals surface area contributed by atoms with Crippen LogP contribution in [0.25, 0.3) is 16.0 Å². The Hall–Kier alpha value is -4.64. The SMILES string of the molecule is [C-]#[N+]c1cc(C#N)cc(COc2cc(O[C@H]3CCc4c(-c5cccc(OCCCN6CCC(F)CC6)c5C)cccc43)c(Cl)cc2CN[C@@H]2CCC[C@@H]2O)c1. The zero-order valence-corrected chi connectivity index (χ0v) is 32.1. The first-order chi connectivity index (χ1) is 26.8. The number of rotatable bonds is 14. The van der Waals surface area contributed by atoms with E-state index in [9.17, 15) is 14.8 Å². The van der Waals surface area contributed by atoms with E-state index in [-0.39, 0.29) is 18.8 Å². The van der Waals surface area contributed by atoms with E-state index in [4.69, 9.17) is 32.4 Å². The number of halogens is 2. The average Bonchev–Trinajstić information content (AvgIpc) is 3.82. The second-order valence-corrected chi connectivity index (χ2v) is 15.3. The molecule has 3 atom stereocenters. The molecule has 0 bridgehead atoms. The maximum absolute atomic E-state index is 13.5. The highest BCUT2D eigenvalue weighted by Gasteiger charge is 2.29. The van der Waals surface area contributed by atoms with Gasteiger partial charge in [-0.3, -0.25) is 0 Å². The Morgan fingerprint density at radius 3 is 2.58 bits per heavy atom. The summed E-state index contributed by atoms with van der Waals surface area (Å²) >= 11 is 6.94. The molecule has 3 aliphatic rings. The van der Waals surface area contributed by atoms with Crippen LogP contribution in [0.3, 0.4) is 0 Å². The quantitative estimate of drug-likeness (QED) is 0.0977. The number of ether oxygens (including phenoxy) is 3. The number of likely N-dealkylation sites (tertiary alicyclic amines) is 1. The maximum atomic E-state index is 13.5. The smallest absolute Gasteiger partial charge is 0.188 e. The number of nitriles is 1. The number of piperidine rings is 1. The summed E-state index contributed by atoms with van der Waals surface area (Å²) in [5, 5.41) is 23.9. The Morgan fingerprint density at radius 1 is 0.982 bits per heavy atom. The number of alkyl halides is 1. The molecule has 4 aromatic carbocycles. The van der Waals surface area contributed by atoms with Crippen molar-refractivity contribution in [2.45, 2.75) is 95.9 Å². The van der Waals surface area contributed by atoms with Crippen molar-refractivity contribution in [3.63, 3.8) is 0 Å². The minimum Gasteiger partial charge on any atom is -0.493 e. The number of aliphatic hydroxyl groups excluding tert-OH is 1. The third-order valence-electron chi connectivity index (χ3n) is 11.2. The maximum Gasteiger partial charge on any atom is 0.188 e. The minimum absolute atomic E-state index is 0.00607. The fourth-order valence-corrected chi connectivity index (χ4v) is 8.44. The van der Waals surface area contributed by atoms with Gasteiger partial charge in [0.2, 0.25) is 0 Å². The van der Waals surface area contributed by atoms with E-state index in [0.717, 1.165) is 86.2 Å².